The van der Waals surface area contributed by atoms with E-state index >= 15 is 0 Å². The summed E-state index contributed by atoms with van der Waals surface area (Å²) < 4.78 is 0. The van der Waals surface area contributed by atoms with Crippen molar-refractivity contribution in [2.45, 2.75) is 26.7 Å². The summed E-state index contributed by atoms with van der Waals surface area (Å²) in [6.45, 7) is 3.85. The molecule has 0 aliphatic heterocycles. The van der Waals surface area contributed by atoms with Crippen LogP contribution in [0.2, 0.25) is 0 Å². The van der Waals surface area contributed by atoms with Crippen molar-refractivity contribution < 1.29 is 9.90 Å². The number of carboxylic acids is 1. The molecule has 15 heavy (non-hydrogen) atoms. The highest BCUT2D eigenvalue weighted by atomic mass is 16.4. The monoisotopic (exact) mass is 204 g/mol. The summed E-state index contributed by atoms with van der Waals surface area (Å²) in [7, 11) is 0. The minimum absolute atomic E-state index is 0.388. The van der Waals surface area contributed by atoms with Crippen LogP contribution in [0.3, 0.4) is 0 Å². The molecule has 80 valence electrons. The first-order valence-corrected chi connectivity index (χ1v) is 5.18. The van der Waals surface area contributed by atoms with E-state index in [1.165, 1.54) is 0 Å². The Morgan fingerprint density at radius 2 is 2.07 bits per heavy atom. The lowest BCUT2D eigenvalue weighted by Crippen LogP contribution is -2.02. The Hall–Kier alpha value is -1.57. The van der Waals surface area contributed by atoms with Crippen molar-refractivity contribution in [1.82, 2.24) is 0 Å². The summed E-state index contributed by atoms with van der Waals surface area (Å²) in [4.78, 5) is 11.0. The van der Waals surface area contributed by atoms with Gasteiger partial charge in [0.05, 0.1) is 5.57 Å². The maximum atomic E-state index is 11.0. The van der Waals surface area contributed by atoms with Gasteiger partial charge in [-0.05, 0) is 24.5 Å². The third kappa shape index (κ3) is 2.69. The fraction of sp³-hybridized carbons (Fsp3) is 0.308. The van der Waals surface area contributed by atoms with Crippen molar-refractivity contribution in [3.05, 3.63) is 41.5 Å². The zero-order chi connectivity index (χ0) is 11.3. The van der Waals surface area contributed by atoms with Crippen molar-refractivity contribution in [3.8, 4) is 0 Å². The first-order chi connectivity index (χ1) is 7.20. The molecule has 1 rings (SSSR count). The van der Waals surface area contributed by atoms with Crippen molar-refractivity contribution in [2.24, 2.45) is 0 Å². The van der Waals surface area contributed by atoms with E-state index in [1.807, 2.05) is 24.3 Å². The second-order valence-electron chi connectivity index (χ2n) is 3.41. The van der Waals surface area contributed by atoms with Gasteiger partial charge in [0.25, 0.3) is 0 Å². The van der Waals surface area contributed by atoms with E-state index in [1.54, 1.807) is 13.0 Å². The van der Waals surface area contributed by atoms with Gasteiger partial charge < -0.3 is 5.11 Å². The summed E-state index contributed by atoms with van der Waals surface area (Å²) >= 11 is 0. The molecule has 1 aromatic carbocycles. The lowest BCUT2D eigenvalue weighted by atomic mass is 9.97. The van der Waals surface area contributed by atoms with E-state index in [-0.39, 0.29) is 0 Å². The van der Waals surface area contributed by atoms with Crippen LogP contribution in [-0.2, 0) is 11.2 Å². The fourth-order valence-corrected chi connectivity index (χ4v) is 1.66. The van der Waals surface area contributed by atoms with Gasteiger partial charge in [0.1, 0.15) is 0 Å². The number of carbonyl (C=O) groups is 1. The smallest absolute Gasteiger partial charge is 0.335 e. The van der Waals surface area contributed by atoms with Crippen molar-refractivity contribution in [1.29, 1.82) is 0 Å². The van der Waals surface area contributed by atoms with Crippen LogP contribution >= 0.6 is 0 Å². The first-order valence-electron chi connectivity index (χ1n) is 5.18. The Balaban J connectivity index is 3.17. The summed E-state index contributed by atoms with van der Waals surface area (Å²) in [6, 6.07) is 7.68. The molecule has 0 aliphatic carbocycles. The molecular weight excluding hydrogens is 188 g/mol. The van der Waals surface area contributed by atoms with Crippen molar-refractivity contribution >= 4 is 11.5 Å². The lowest BCUT2D eigenvalue weighted by molar-refractivity contribution is -0.130. The molecule has 0 spiro atoms. The standard InChI is InChI=1S/C13H16O2/c1-3-7-10-8-5-6-9-12(10)11(4-2)13(14)15/h4-6,8-9H,3,7H2,1-2H3,(H,14,15)/b11-4+. The fourth-order valence-electron chi connectivity index (χ4n) is 1.66. The van der Waals surface area contributed by atoms with Crippen LogP contribution in [0.15, 0.2) is 30.3 Å². The largest absolute Gasteiger partial charge is 0.478 e. The Morgan fingerprint density at radius 1 is 1.40 bits per heavy atom. The molecule has 0 unspecified atom stereocenters. The molecule has 0 atom stereocenters. The Labute approximate surface area is 90.3 Å². The van der Waals surface area contributed by atoms with Crippen LogP contribution < -0.4 is 0 Å². The van der Waals surface area contributed by atoms with Gasteiger partial charge in [-0.2, -0.15) is 0 Å². The highest BCUT2D eigenvalue weighted by Gasteiger charge is 2.11. The van der Waals surface area contributed by atoms with Crippen molar-refractivity contribution in [3.63, 3.8) is 0 Å². The number of hydrogen-bond donors (Lipinski definition) is 1. The number of carboxylic acid groups (broad SMARTS) is 1. The zero-order valence-electron chi connectivity index (χ0n) is 9.16. The maximum Gasteiger partial charge on any atom is 0.335 e. The quantitative estimate of drug-likeness (QED) is 0.765. The van der Waals surface area contributed by atoms with Gasteiger partial charge in [0, 0.05) is 0 Å². The van der Waals surface area contributed by atoms with Crippen LogP contribution in [0.5, 0.6) is 0 Å². The predicted octanol–water partition coefficient (Wildman–Crippen LogP) is 3.13. The minimum atomic E-state index is -0.860. The van der Waals surface area contributed by atoms with E-state index in [4.69, 9.17) is 5.11 Å². The SMILES string of the molecule is C/C=C(/C(=O)O)c1ccccc1CCC. The van der Waals surface area contributed by atoms with Gasteiger partial charge in [-0.25, -0.2) is 4.79 Å². The van der Waals surface area contributed by atoms with Gasteiger partial charge in [-0.15, -0.1) is 0 Å². The Bertz CT molecular complexity index is 378. The van der Waals surface area contributed by atoms with E-state index in [9.17, 15) is 4.79 Å². The number of rotatable bonds is 4. The number of benzene rings is 1. The predicted molar refractivity (Wildman–Crippen MR) is 61.7 cm³/mol. The summed E-state index contributed by atoms with van der Waals surface area (Å²) in [5.74, 6) is -0.860. The van der Waals surface area contributed by atoms with Gasteiger partial charge >= 0.3 is 5.97 Å². The van der Waals surface area contributed by atoms with Crippen LogP contribution in [-0.4, -0.2) is 11.1 Å². The van der Waals surface area contributed by atoms with E-state index < -0.39 is 5.97 Å². The van der Waals surface area contributed by atoms with Crippen LogP contribution in [0.1, 0.15) is 31.4 Å². The molecule has 2 heteroatoms. The third-order valence-electron chi connectivity index (χ3n) is 2.35. The average Bonchev–Trinajstić information content (AvgIpc) is 2.21. The molecule has 2 nitrogen and oxygen atoms in total. The normalized spacial score (nSPS) is 11.5. The molecule has 0 radical (unpaired) electrons. The number of allylic oxidation sites excluding steroid dienone is 1. The molecule has 1 N–H and O–H groups in total. The van der Waals surface area contributed by atoms with Gasteiger partial charge in [0.15, 0.2) is 0 Å². The average molecular weight is 204 g/mol. The third-order valence-corrected chi connectivity index (χ3v) is 2.35. The second-order valence-corrected chi connectivity index (χ2v) is 3.41. The van der Waals surface area contributed by atoms with E-state index in [0.717, 1.165) is 24.0 Å². The molecule has 0 amide bonds. The number of hydrogen-bond acceptors (Lipinski definition) is 1. The van der Waals surface area contributed by atoms with Crippen LogP contribution in [0.4, 0.5) is 0 Å². The number of aryl methyl sites for hydroxylation is 1. The van der Waals surface area contributed by atoms with Crippen molar-refractivity contribution in [2.75, 3.05) is 0 Å². The Morgan fingerprint density at radius 3 is 2.60 bits per heavy atom. The van der Waals surface area contributed by atoms with E-state index in [0.29, 0.717) is 5.57 Å². The summed E-state index contributed by atoms with van der Waals surface area (Å²) in [6.07, 6.45) is 3.59. The first kappa shape index (κ1) is 11.5. The van der Waals surface area contributed by atoms with Gasteiger partial charge in [0.2, 0.25) is 0 Å². The molecule has 0 fully saturated rings. The lowest BCUT2D eigenvalue weighted by Gasteiger charge is -2.08. The van der Waals surface area contributed by atoms with Crippen LogP contribution in [0, 0.1) is 0 Å². The van der Waals surface area contributed by atoms with Gasteiger partial charge in [-0.3, -0.25) is 0 Å². The molecular formula is C13H16O2. The molecule has 0 saturated heterocycles. The maximum absolute atomic E-state index is 11.0. The molecule has 0 heterocycles. The molecule has 0 saturated carbocycles. The Kier molecular flexibility index (Phi) is 4.10. The summed E-state index contributed by atoms with van der Waals surface area (Å²) in [5.41, 5.74) is 2.34. The van der Waals surface area contributed by atoms with Crippen LogP contribution in [0.25, 0.3) is 5.57 Å². The highest BCUT2D eigenvalue weighted by Crippen LogP contribution is 2.20. The second kappa shape index (κ2) is 5.35. The molecule has 0 aliphatic rings. The number of aliphatic carboxylic acids is 1. The van der Waals surface area contributed by atoms with Gasteiger partial charge in [-0.1, -0.05) is 43.7 Å². The summed E-state index contributed by atoms with van der Waals surface area (Å²) in [5, 5.41) is 9.05. The highest BCUT2D eigenvalue weighted by molar-refractivity contribution is 6.15. The minimum Gasteiger partial charge on any atom is -0.478 e. The molecule has 1 aromatic rings. The molecule has 0 bridgehead atoms. The topological polar surface area (TPSA) is 37.3 Å². The van der Waals surface area contributed by atoms with E-state index in [2.05, 4.69) is 6.92 Å². The molecule has 0 aromatic heterocycles. The zero-order valence-corrected chi connectivity index (χ0v) is 9.16.